The summed E-state index contributed by atoms with van der Waals surface area (Å²) < 4.78 is 1.87. The molecule has 0 fully saturated rings. The van der Waals surface area contributed by atoms with Crippen molar-refractivity contribution in [3.8, 4) is 5.69 Å². The van der Waals surface area contributed by atoms with Crippen molar-refractivity contribution in [2.24, 2.45) is 0 Å². The van der Waals surface area contributed by atoms with Gasteiger partial charge in [-0.1, -0.05) is 24.3 Å². The predicted molar refractivity (Wildman–Crippen MR) is 103 cm³/mol. The van der Waals surface area contributed by atoms with Gasteiger partial charge in [0.2, 0.25) is 0 Å². The molecule has 4 rings (SSSR count). The fourth-order valence-corrected chi connectivity index (χ4v) is 3.86. The molecular weight excluding hydrogens is 322 g/mol. The summed E-state index contributed by atoms with van der Waals surface area (Å²) in [5, 5.41) is 4.32. The van der Waals surface area contributed by atoms with E-state index < -0.39 is 0 Å². The van der Waals surface area contributed by atoms with Crippen LogP contribution in [0.2, 0.25) is 0 Å². The van der Waals surface area contributed by atoms with Gasteiger partial charge in [0.25, 0.3) is 5.91 Å². The van der Waals surface area contributed by atoms with Gasteiger partial charge >= 0.3 is 0 Å². The summed E-state index contributed by atoms with van der Waals surface area (Å²) in [6.07, 6.45) is 5.02. The number of carbonyl (C=O) groups is 1. The smallest absolute Gasteiger partial charge is 0.254 e. The van der Waals surface area contributed by atoms with Crippen LogP contribution in [-0.4, -0.2) is 27.6 Å². The van der Waals surface area contributed by atoms with Crippen LogP contribution < -0.4 is 0 Å². The van der Waals surface area contributed by atoms with Gasteiger partial charge in [-0.15, -0.1) is 0 Å². The van der Waals surface area contributed by atoms with Gasteiger partial charge in [0, 0.05) is 24.5 Å². The topological polar surface area (TPSA) is 38.1 Å². The molecule has 1 aliphatic rings. The molecule has 0 unspecified atom stereocenters. The van der Waals surface area contributed by atoms with Crippen LogP contribution in [0.25, 0.3) is 5.69 Å². The van der Waals surface area contributed by atoms with E-state index in [1.54, 1.807) is 6.20 Å². The minimum atomic E-state index is 0.0652. The normalized spacial score (nSPS) is 16.2. The molecule has 0 N–H and O–H groups in total. The molecule has 1 heterocycles. The number of hydrogen-bond acceptors (Lipinski definition) is 2. The Hall–Kier alpha value is -2.88. The molecular formula is C22H23N3O. The van der Waals surface area contributed by atoms with Gasteiger partial charge in [-0.2, -0.15) is 5.10 Å². The molecule has 0 bridgehead atoms. The van der Waals surface area contributed by atoms with Crippen LogP contribution in [0.1, 0.15) is 46.1 Å². The predicted octanol–water partition coefficient (Wildman–Crippen LogP) is 4.33. The zero-order valence-electron chi connectivity index (χ0n) is 15.2. The number of amides is 1. The number of fused-ring (bicyclic) bond motifs is 1. The van der Waals surface area contributed by atoms with Gasteiger partial charge in [0.05, 0.1) is 11.7 Å². The first-order chi connectivity index (χ1) is 12.6. The molecule has 0 saturated heterocycles. The second-order valence-electron chi connectivity index (χ2n) is 6.95. The van der Waals surface area contributed by atoms with Crippen molar-refractivity contribution in [1.82, 2.24) is 14.7 Å². The van der Waals surface area contributed by atoms with Crippen molar-refractivity contribution in [2.75, 3.05) is 7.05 Å². The number of carbonyl (C=O) groups excluding carboxylic acids is 1. The maximum absolute atomic E-state index is 13.0. The molecule has 132 valence electrons. The Morgan fingerprint density at radius 3 is 2.62 bits per heavy atom. The van der Waals surface area contributed by atoms with Crippen LogP contribution in [-0.2, 0) is 6.42 Å². The third-order valence-corrected chi connectivity index (χ3v) is 5.32. The Bertz CT molecular complexity index is 927. The maximum atomic E-state index is 13.0. The van der Waals surface area contributed by atoms with Crippen LogP contribution in [0.3, 0.4) is 0 Å². The van der Waals surface area contributed by atoms with E-state index in [1.165, 1.54) is 11.1 Å². The molecule has 26 heavy (non-hydrogen) atoms. The fourth-order valence-electron chi connectivity index (χ4n) is 3.86. The summed E-state index contributed by atoms with van der Waals surface area (Å²) >= 11 is 0. The zero-order chi connectivity index (χ0) is 18.1. The lowest BCUT2D eigenvalue weighted by Gasteiger charge is -2.33. The minimum Gasteiger partial charge on any atom is -0.335 e. The molecule has 0 aliphatic heterocycles. The second kappa shape index (κ2) is 6.79. The van der Waals surface area contributed by atoms with E-state index in [9.17, 15) is 4.79 Å². The number of aromatic nitrogens is 2. The average molecular weight is 345 g/mol. The molecule has 3 aromatic rings. The van der Waals surface area contributed by atoms with Crippen molar-refractivity contribution in [2.45, 2.75) is 32.2 Å². The van der Waals surface area contributed by atoms with E-state index in [0.29, 0.717) is 5.56 Å². The standard InChI is InChI=1S/C22H23N3O/c1-16-14-15-23-25(16)19-12-10-18(11-13-19)22(26)24(2)21-9-5-7-17-6-3-4-8-20(17)21/h3-4,6,8,10-15,21H,5,7,9H2,1-2H3/t21-/m1/s1. The first-order valence-electron chi connectivity index (χ1n) is 9.11. The van der Waals surface area contributed by atoms with E-state index in [4.69, 9.17) is 0 Å². The largest absolute Gasteiger partial charge is 0.335 e. The highest BCUT2D eigenvalue weighted by Gasteiger charge is 2.27. The van der Waals surface area contributed by atoms with Crippen molar-refractivity contribution < 1.29 is 4.79 Å². The summed E-state index contributed by atoms with van der Waals surface area (Å²) in [7, 11) is 1.92. The average Bonchev–Trinajstić information content (AvgIpc) is 3.12. The van der Waals surface area contributed by atoms with Gasteiger partial charge in [0.1, 0.15) is 0 Å². The van der Waals surface area contributed by atoms with Crippen molar-refractivity contribution in [3.05, 3.63) is 83.2 Å². The van der Waals surface area contributed by atoms with Crippen LogP contribution in [0.4, 0.5) is 0 Å². The van der Waals surface area contributed by atoms with E-state index in [0.717, 1.165) is 30.6 Å². The monoisotopic (exact) mass is 345 g/mol. The molecule has 0 radical (unpaired) electrons. The first kappa shape index (κ1) is 16.6. The second-order valence-corrected chi connectivity index (χ2v) is 6.95. The van der Waals surface area contributed by atoms with E-state index in [1.807, 2.05) is 53.9 Å². The van der Waals surface area contributed by atoms with Crippen LogP contribution >= 0.6 is 0 Å². The summed E-state index contributed by atoms with van der Waals surface area (Å²) in [5.41, 5.74) is 5.41. The third kappa shape index (κ3) is 2.92. The molecule has 4 nitrogen and oxygen atoms in total. The quantitative estimate of drug-likeness (QED) is 0.708. The molecule has 1 amide bonds. The lowest BCUT2D eigenvalue weighted by atomic mass is 9.87. The van der Waals surface area contributed by atoms with Crippen molar-refractivity contribution in [1.29, 1.82) is 0 Å². The van der Waals surface area contributed by atoms with Gasteiger partial charge < -0.3 is 4.90 Å². The number of hydrogen-bond donors (Lipinski definition) is 0. The molecule has 0 spiro atoms. The molecule has 2 aromatic carbocycles. The minimum absolute atomic E-state index is 0.0652. The highest BCUT2D eigenvalue weighted by molar-refractivity contribution is 5.94. The maximum Gasteiger partial charge on any atom is 0.254 e. The van der Waals surface area contributed by atoms with Gasteiger partial charge in [-0.3, -0.25) is 4.79 Å². The number of rotatable bonds is 3. The highest BCUT2D eigenvalue weighted by atomic mass is 16.2. The molecule has 1 atom stereocenters. The van der Waals surface area contributed by atoms with Crippen molar-refractivity contribution in [3.63, 3.8) is 0 Å². The number of aryl methyl sites for hydroxylation is 2. The number of benzene rings is 2. The molecule has 0 saturated carbocycles. The van der Waals surface area contributed by atoms with Gasteiger partial charge in [-0.25, -0.2) is 4.68 Å². The summed E-state index contributed by atoms with van der Waals surface area (Å²) in [5.74, 6) is 0.0652. The van der Waals surface area contributed by atoms with Crippen LogP contribution in [0.5, 0.6) is 0 Å². The molecule has 4 heteroatoms. The molecule has 1 aliphatic carbocycles. The third-order valence-electron chi connectivity index (χ3n) is 5.32. The summed E-state index contributed by atoms with van der Waals surface area (Å²) in [6.45, 7) is 2.01. The number of nitrogens with zero attached hydrogens (tertiary/aromatic N) is 3. The Morgan fingerprint density at radius 2 is 1.88 bits per heavy atom. The summed E-state index contributed by atoms with van der Waals surface area (Å²) in [4.78, 5) is 14.9. The van der Waals surface area contributed by atoms with E-state index >= 15 is 0 Å². The Morgan fingerprint density at radius 1 is 1.12 bits per heavy atom. The zero-order valence-corrected chi connectivity index (χ0v) is 15.2. The Labute approximate surface area is 154 Å². The van der Waals surface area contributed by atoms with E-state index in [-0.39, 0.29) is 11.9 Å². The van der Waals surface area contributed by atoms with Gasteiger partial charge in [0.15, 0.2) is 0 Å². The van der Waals surface area contributed by atoms with Crippen LogP contribution in [0, 0.1) is 6.92 Å². The fraction of sp³-hybridized carbons (Fsp3) is 0.273. The Balaban J connectivity index is 1.57. The van der Waals surface area contributed by atoms with E-state index in [2.05, 4.69) is 29.4 Å². The highest BCUT2D eigenvalue weighted by Crippen LogP contribution is 2.34. The summed E-state index contributed by atoms with van der Waals surface area (Å²) in [6, 6.07) is 18.3. The lowest BCUT2D eigenvalue weighted by molar-refractivity contribution is 0.0715. The van der Waals surface area contributed by atoms with Crippen LogP contribution in [0.15, 0.2) is 60.8 Å². The SMILES string of the molecule is Cc1ccnn1-c1ccc(C(=O)N(C)[C@@H]2CCCc3ccccc32)cc1. The lowest BCUT2D eigenvalue weighted by Crippen LogP contribution is -2.33. The molecule has 1 aromatic heterocycles. The first-order valence-corrected chi connectivity index (χ1v) is 9.11. The van der Waals surface area contributed by atoms with Gasteiger partial charge in [-0.05, 0) is 67.6 Å². The van der Waals surface area contributed by atoms with Crippen molar-refractivity contribution >= 4 is 5.91 Å². The Kier molecular flexibility index (Phi) is 4.33.